The van der Waals surface area contributed by atoms with Gasteiger partial charge in [0.2, 0.25) is 0 Å². The molecule has 3 N–H and O–H groups in total. The summed E-state index contributed by atoms with van der Waals surface area (Å²) in [6.45, 7) is 1.44. The summed E-state index contributed by atoms with van der Waals surface area (Å²) < 4.78 is 5.47. The molecule has 0 aliphatic carbocycles. The third-order valence-electron chi connectivity index (χ3n) is 2.92. The molecule has 0 spiro atoms. The minimum absolute atomic E-state index is 0.189. The summed E-state index contributed by atoms with van der Waals surface area (Å²) in [5.41, 5.74) is 0.684. The molecule has 1 atom stereocenters. The third-order valence-corrected chi connectivity index (χ3v) is 3.17. The van der Waals surface area contributed by atoms with Crippen molar-refractivity contribution < 1.29 is 14.6 Å². The molecule has 0 amide bonds. The average molecular weight is 280 g/mol. The number of ether oxygens (including phenoxy) is 1. The van der Waals surface area contributed by atoms with Gasteiger partial charge in [-0.3, -0.25) is 0 Å². The fourth-order valence-electron chi connectivity index (χ4n) is 1.96. The van der Waals surface area contributed by atoms with Crippen LogP contribution in [0.15, 0.2) is 24.3 Å². The Balaban J connectivity index is 1.89. The van der Waals surface area contributed by atoms with Crippen molar-refractivity contribution in [2.75, 3.05) is 18.5 Å². The van der Waals surface area contributed by atoms with E-state index in [0.717, 1.165) is 19.4 Å². The van der Waals surface area contributed by atoms with E-state index in [4.69, 9.17) is 22.1 Å². The summed E-state index contributed by atoms with van der Waals surface area (Å²) in [6.07, 6.45) is 2.30. The van der Waals surface area contributed by atoms with Crippen molar-refractivity contribution in [3.63, 3.8) is 0 Å². The van der Waals surface area contributed by atoms with E-state index >= 15 is 0 Å². The van der Waals surface area contributed by atoms with Gasteiger partial charge in [0.25, 0.3) is 0 Å². The van der Waals surface area contributed by atoms with Crippen LogP contribution in [0.4, 0.5) is 5.69 Å². The molecule has 1 heterocycles. The molecule has 1 unspecified atom stereocenters. The summed E-state index contributed by atoms with van der Waals surface area (Å²) in [5, 5.41) is 15.4. The monoisotopic (exact) mass is 280 g/mol. The zero-order valence-electron chi connectivity index (χ0n) is 10.4. The molecule has 1 fully saturated rings. The SMILES string of the molecule is O=C(O)c1ccccc1NC(=S)NCC1CCCO1. The zero-order chi connectivity index (χ0) is 13.7. The highest BCUT2D eigenvalue weighted by Crippen LogP contribution is 2.15. The van der Waals surface area contributed by atoms with E-state index in [0.29, 0.717) is 17.3 Å². The molecule has 1 saturated heterocycles. The quantitative estimate of drug-likeness (QED) is 0.731. The Labute approximate surface area is 117 Å². The van der Waals surface area contributed by atoms with Gasteiger partial charge in [0.15, 0.2) is 5.11 Å². The summed E-state index contributed by atoms with van der Waals surface area (Å²) in [5.74, 6) is -0.981. The first-order chi connectivity index (χ1) is 9.16. The third kappa shape index (κ3) is 3.90. The van der Waals surface area contributed by atoms with E-state index in [1.807, 2.05) is 0 Å². The molecule has 0 aromatic heterocycles. The van der Waals surface area contributed by atoms with Gasteiger partial charge in [0.1, 0.15) is 0 Å². The Kier molecular flexibility index (Phi) is 4.70. The number of para-hydroxylation sites is 1. The first kappa shape index (κ1) is 13.8. The fraction of sp³-hybridized carbons (Fsp3) is 0.385. The molecule has 1 aliphatic heterocycles. The lowest BCUT2D eigenvalue weighted by Gasteiger charge is -2.15. The largest absolute Gasteiger partial charge is 0.478 e. The summed E-state index contributed by atoms with van der Waals surface area (Å²) >= 11 is 5.15. The number of anilines is 1. The van der Waals surface area contributed by atoms with Gasteiger partial charge in [-0.05, 0) is 37.2 Å². The van der Waals surface area contributed by atoms with Crippen molar-refractivity contribution in [1.82, 2.24) is 5.32 Å². The van der Waals surface area contributed by atoms with E-state index < -0.39 is 5.97 Å². The molecule has 0 radical (unpaired) electrons. The molecule has 1 aromatic carbocycles. The van der Waals surface area contributed by atoms with Crippen molar-refractivity contribution in [1.29, 1.82) is 0 Å². The number of hydrogen-bond acceptors (Lipinski definition) is 3. The van der Waals surface area contributed by atoms with E-state index in [1.54, 1.807) is 18.2 Å². The van der Waals surface area contributed by atoms with E-state index in [2.05, 4.69) is 10.6 Å². The summed E-state index contributed by atoms with van der Waals surface area (Å²) in [4.78, 5) is 11.0. The first-order valence-electron chi connectivity index (χ1n) is 6.15. The molecule has 19 heavy (non-hydrogen) atoms. The van der Waals surface area contributed by atoms with Crippen molar-refractivity contribution in [3.8, 4) is 0 Å². The number of hydrogen-bond donors (Lipinski definition) is 3. The van der Waals surface area contributed by atoms with E-state index in [-0.39, 0.29) is 11.7 Å². The molecular weight excluding hydrogens is 264 g/mol. The lowest BCUT2D eigenvalue weighted by Crippen LogP contribution is -2.35. The van der Waals surface area contributed by atoms with Crippen LogP contribution < -0.4 is 10.6 Å². The Hall–Kier alpha value is -1.66. The topological polar surface area (TPSA) is 70.6 Å². The smallest absolute Gasteiger partial charge is 0.337 e. The minimum atomic E-state index is -0.981. The number of carbonyl (C=O) groups is 1. The average Bonchev–Trinajstić information content (AvgIpc) is 2.90. The number of carboxylic acid groups (broad SMARTS) is 1. The molecule has 6 heteroatoms. The van der Waals surface area contributed by atoms with Crippen LogP contribution in [0.3, 0.4) is 0 Å². The molecule has 1 aromatic rings. The first-order valence-corrected chi connectivity index (χ1v) is 6.56. The second kappa shape index (κ2) is 6.49. The summed E-state index contributed by atoms with van der Waals surface area (Å²) in [7, 11) is 0. The minimum Gasteiger partial charge on any atom is -0.478 e. The highest BCUT2D eigenvalue weighted by Gasteiger charge is 2.16. The standard InChI is InChI=1S/C13H16N2O3S/c16-12(17)10-5-1-2-6-11(10)15-13(19)14-8-9-4-3-7-18-9/h1-2,5-6,9H,3-4,7-8H2,(H,16,17)(H2,14,15,19). The number of carboxylic acids is 1. The second-order valence-electron chi connectivity index (χ2n) is 4.32. The van der Waals surface area contributed by atoms with E-state index in [9.17, 15) is 4.79 Å². The Morgan fingerprint density at radius 3 is 2.95 bits per heavy atom. The number of thiocarbonyl (C=S) groups is 1. The van der Waals surface area contributed by atoms with Crippen LogP contribution in [0.2, 0.25) is 0 Å². The van der Waals surface area contributed by atoms with Gasteiger partial charge in [-0.1, -0.05) is 12.1 Å². The fourth-order valence-corrected chi connectivity index (χ4v) is 2.15. The van der Waals surface area contributed by atoms with Crippen molar-refractivity contribution in [2.45, 2.75) is 18.9 Å². The van der Waals surface area contributed by atoms with Crippen LogP contribution in [0.5, 0.6) is 0 Å². The van der Waals surface area contributed by atoms with E-state index in [1.165, 1.54) is 6.07 Å². The maximum atomic E-state index is 11.0. The number of aromatic carboxylic acids is 1. The van der Waals surface area contributed by atoms with Gasteiger partial charge in [-0.25, -0.2) is 4.79 Å². The van der Waals surface area contributed by atoms with Gasteiger partial charge in [-0.15, -0.1) is 0 Å². The lowest BCUT2D eigenvalue weighted by atomic mass is 10.2. The van der Waals surface area contributed by atoms with Crippen LogP contribution in [0.25, 0.3) is 0 Å². The second-order valence-corrected chi connectivity index (χ2v) is 4.73. The number of rotatable bonds is 4. The maximum absolute atomic E-state index is 11.0. The molecule has 0 saturated carbocycles. The molecule has 1 aliphatic rings. The number of nitrogens with one attached hydrogen (secondary N) is 2. The van der Waals surface area contributed by atoms with Gasteiger partial charge < -0.3 is 20.5 Å². The van der Waals surface area contributed by atoms with Gasteiger partial charge in [0, 0.05) is 13.2 Å². The maximum Gasteiger partial charge on any atom is 0.337 e. The zero-order valence-corrected chi connectivity index (χ0v) is 11.2. The van der Waals surface area contributed by atoms with Gasteiger partial charge >= 0.3 is 5.97 Å². The number of benzene rings is 1. The van der Waals surface area contributed by atoms with Crippen molar-refractivity contribution in [3.05, 3.63) is 29.8 Å². The predicted molar refractivity (Wildman–Crippen MR) is 76.6 cm³/mol. The highest BCUT2D eigenvalue weighted by molar-refractivity contribution is 7.80. The Morgan fingerprint density at radius 2 is 2.26 bits per heavy atom. The lowest BCUT2D eigenvalue weighted by molar-refractivity contribution is 0.0698. The highest BCUT2D eigenvalue weighted by atomic mass is 32.1. The van der Waals surface area contributed by atoms with Gasteiger partial charge in [-0.2, -0.15) is 0 Å². The Morgan fingerprint density at radius 1 is 1.47 bits per heavy atom. The van der Waals surface area contributed by atoms with Crippen LogP contribution in [0.1, 0.15) is 23.2 Å². The van der Waals surface area contributed by atoms with Crippen LogP contribution >= 0.6 is 12.2 Å². The van der Waals surface area contributed by atoms with Crippen LogP contribution in [0, 0.1) is 0 Å². The molecule has 2 rings (SSSR count). The van der Waals surface area contributed by atoms with Crippen molar-refractivity contribution in [2.24, 2.45) is 0 Å². The van der Waals surface area contributed by atoms with Crippen LogP contribution in [-0.4, -0.2) is 35.4 Å². The van der Waals surface area contributed by atoms with Crippen LogP contribution in [-0.2, 0) is 4.74 Å². The van der Waals surface area contributed by atoms with Crippen molar-refractivity contribution >= 4 is 29.0 Å². The predicted octanol–water partition coefficient (Wildman–Crippen LogP) is 1.85. The molecular formula is C13H16N2O3S. The van der Waals surface area contributed by atoms with Gasteiger partial charge in [0.05, 0.1) is 17.4 Å². The normalized spacial score (nSPS) is 18.0. The Bertz CT molecular complexity index is 473. The summed E-state index contributed by atoms with van der Waals surface area (Å²) in [6, 6.07) is 6.66. The molecule has 5 nitrogen and oxygen atoms in total. The molecule has 0 bridgehead atoms. The molecule has 102 valence electrons.